The minimum absolute atomic E-state index is 0.148. The van der Waals surface area contributed by atoms with Crippen LogP contribution in [-0.4, -0.2) is 55.0 Å². The smallest absolute Gasteiger partial charge is 0.225 e. The largest absolute Gasteiger partial charge is 0.496 e. The molecule has 1 saturated heterocycles. The van der Waals surface area contributed by atoms with Crippen molar-refractivity contribution in [1.82, 2.24) is 9.80 Å². The zero-order valence-corrected chi connectivity index (χ0v) is 14.6. The summed E-state index contributed by atoms with van der Waals surface area (Å²) in [4.78, 5) is 17.1. The highest BCUT2D eigenvalue weighted by Crippen LogP contribution is 2.26. The Kier molecular flexibility index (Phi) is 5.74. The molecular weight excluding hydrogens is 302 g/mol. The summed E-state index contributed by atoms with van der Waals surface area (Å²) in [5, 5.41) is 0. The summed E-state index contributed by atoms with van der Waals surface area (Å²) in [5.41, 5.74) is 7.24. The molecule has 1 saturated carbocycles. The molecule has 1 aliphatic heterocycles. The Balaban J connectivity index is 1.51. The number of methoxy groups -OCH3 is 1. The molecule has 0 unspecified atom stereocenters. The molecule has 1 aromatic carbocycles. The molecule has 2 aliphatic rings. The number of rotatable bonds is 4. The lowest BCUT2D eigenvalue weighted by atomic mass is 9.85. The van der Waals surface area contributed by atoms with Gasteiger partial charge >= 0.3 is 0 Å². The van der Waals surface area contributed by atoms with Crippen LogP contribution in [0.3, 0.4) is 0 Å². The fourth-order valence-corrected chi connectivity index (χ4v) is 3.91. The molecule has 2 atom stereocenters. The lowest BCUT2D eigenvalue weighted by molar-refractivity contribution is -0.138. The normalized spacial score (nSPS) is 25.5. The van der Waals surface area contributed by atoms with E-state index >= 15 is 0 Å². The van der Waals surface area contributed by atoms with E-state index in [1.54, 1.807) is 7.11 Å². The van der Waals surface area contributed by atoms with E-state index in [1.165, 1.54) is 5.56 Å². The maximum atomic E-state index is 12.7. The van der Waals surface area contributed by atoms with E-state index in [9.17, 15) is 4.79 Å². The second-order valence-corrected chi connectivity index (χ2v) is 7.04. The van der Waals surface area contributed by atoms with Crippen LogP contribution in [0.2, 0.25) is 0 Å². The van der Waals surface area contributed by atoms with Crippen molar-refractivity contribution in [2.45, 2.75) is 38.3 Å². The molecular formula is C19H29N3O2. The molecule has 0 bridgehead atoms. The highest BCUT2D eigenvalue weighted by molar-refractivity contribution is 5.79. The fraction of sp³-hybridized carbons (Fsp3) is 0.632. The van der Waals surface area contributed by atoms with Gasteiger partial charge < -0.3 is 15.4 Å². The van der Waals surface area contributed by atoms with Crippen molar-refractivity contribution in [1.29, 1.82) is 0 Å². The predicted octanol–water partition coefficient (Wildman–Crippen LogP) is 1.86. The van der Waals surface area contributed by atoms with Gasteiger partial charge in [0.25, 0.3) is 0 Å². The van der Waals surface area contributed by atoms with Crippen LogP contribution >= 0.6 is 0 Å². The van der Waals surface area contributed by atoms with Gasteiger partial charge in [0.2, 0.25) is 5.91 Å². The Morgan fingerprint density at radius 2 is 1.96 bits per heavy atom. The predicted molar refractivity (Wildman–Crippen MR) is 94.8 cm³/mol. The van der Waals surface area contributed by atoms with E-state index in [4.69, 9.17) is 10.5 Å². The molecule has 2 fully saturated rings. The number of nitrogens with two attached hydrogens (primary N) is 1. The van der Waals surface area contributed by atoms with Gasteiger partial charge in [0, 0.05) is 50.2 Å². The van der Waals surface area contributed by atoms with Gasteiger partial charge in [-0.15, -0.1) is 0 Å². The van der Waals surface area contributed by atoms with Crippen LogP contribution in [0.5, 0.6) is 5.75 Å². The molecule has 1 amide bonds. The quantitative estimate of drug-likeness (QED) is 0.915. The zero-order chi connectivity index (χ0) is 16.9. The fourth-order valence-electron chi connectivity index (χ4n) is 3.91. The molecule has 5 heteroatoms. The van der Waals surface area contributed by atoms with Crippen molar-refractivity contribution in [2.24, 2.45) is 11.7 Å². The number of hydrogen-bond donors (Lipinski definition) is 1. The second-order valence-electron chi connectivity index (χ2n) is 7.04. The highest BCUT2D eigenvalue weighted by Gasteiger charge is 2.30. The number of carbonyl (C=O) groups is 1. The SMILES string of the molecule is COc1ccccc1CN1CCN(C(=O)[C@H]2CCC[C@@H](N)C2)CC1. The molecule has 1 aliphatic carbocycles. The minimum Gasteiger partial charge on any atom is -0.496 e. The molecule has 3 rings (SSSR count). The lowest BCUT2D eigenvalue weighted by Crippen LogP contribution is -2.51. The first-order chi connectivity index (χ1) is 11.7. The molecule has 0 radical (unpaired) electrons. The maximum Gasteiger partial charge on any atom is 0.225 e. The summed E-state index contributed by atoms with van der Waals surface area (Å²) >= 11 is 0. The van der Waals surface area contributed by atoms with Gasteiger partial charge in [-0.05, 0) is 25.3 Å². The first-order valence-electron chi connectivity index (χ1n) is 9.06. The van der Waals surface area contributed by atoms with E-state index in [0.29, 0.717) is 5.91 Å². The monoisotopic (exact) mass is 331 g/mol. The van der Waals surface area contributed by atoms with E-state index in [0.717, 1.165) is 64.2 Å². The average Bonchev–Trinajstić information content (AvgIpc) is 2.62. The number of para-hydroxylation sites is 1. The molecule has 1 aromatic rings. The van der Waals surface area contributed by atoms with Crippen molar-refractivity contribution < 1.29 is 9.53 Å². The summed E-state index contributed by atoms with van der Waals surface area (Å²) in [6.45, 7) is 4.35. The zero-order valence-electron chi connectivity index (χ0n) is 14.6. The molecule has 2 N–H and O–H groups in total. The number of amides is 1. The number of benzene rings is 1. The molecule has 0 aromatic heterocycles. The van der Waals surface area contributed by atoms with E-state index in [-0.39, 0.29) is 12.0 Å². The van der Waals surface area contributed by atoms with Crippen molar-refractivity contribution in [3.05, 3.63) is 29.8 Å². The van der Waals surface area contributed by atoms with Crippen LogP contribution in [0.1, 0.15) is 31.2 Å². The number of nitrogens with zero attached hydrogens (tertiary/aromatic N) is 2. The standard InChI is InChI=1S/C19H29N3O2/c1-24-18-8-3-2-5-16(18)14-21-9-11-22(12-10-21)19(23)15-6-4-7-17(20)13-15/h2-3,5,8,15,17H,4,6-7,9-14,20H2,1H3/t15-,17+/m0/s1. The Morgan fingerprint density at radius 1 is 1.21 bits per heavy atom. The second kappa shape index (κ2) is 7.99. The summed E-state index contributed by atoms with van der Waals surface area (Å²) in [6, 6.07) is 8.36. The van der Waals surface area contributed by atoms with E-state index in [2.05, 4.69) is 11.0 Å². The highest BCUT2D eigenvalue weighted by atomic mass is 16.5. The van der Waals surface area contributed by atoms with Crippen molar-refractivity contribution in [3.63, 3.8) is 0 Å². The number of piperazine rings is 1. The third-order valence-corrected chi connectivity index (χ3v) is 5.33. The Hall–Kier alpha value is -1.59. The average molecular weight is 331 g/mol. The topological polar surface area (TPSA) is 58.8 Å². The van der Waals surface area contributed by atoms with Gasteiger partial charge in [-0.1, -0.05) is 24.6 Å². The molecule has 5 nitrogen and oxygen atoms in total. The van der Waals surface area contributed by atoms with Crippen LogP contribution in [-0.2, 0) is 11.3 Å². The molecule has 1 heterocycles. The molecule has 132 valence electrons. The first-order valence-corrected chi connectivity index (χ1v) is 9.06. The molecule has 24 heavy (non-hydrogen) atoms. The summed E-state index contributed by atoms with van der Waals surface area (Å²) in [6.07, 6.45) is 4.02. The minimum atomic E-state index is 0.148. The summed E-state index contributed by atoms with van der Waals surface area (Å²) in [5.74, 6) is 1.41. The van der Waals surface area contributed by atoms with E-state index in [1.807, 2.05) is 23.1 Å². The summed E-state index contributed by atoms with van der Waals surface area (Å²) < 4.78 is 5.43. The maximum absolute atomic E-state index is 12.7. The van der Waals surface area contributed by atoms with Crippen LogP contribution in [0.15, 0.2) is 24.3 Å². The van der Waals surface area contributed by atoms with Gasteiger partial charge in [-0.2, -0.15) is 0 Å². The van der Waals surface area contributed by atoms with Crippen molar-refractivity contribution >= 4 is 5.91 Å². The van der Waals surface area contributed by atoms with Crippen LogP contribution in [0.4, 0.5) is 0 Å². The van der Waals surface area contributed by atoms with Crippen LogP contribution in [0.25, 0.3) is 0 Å². The van der Waals surface area contributed by atoms with Gasteiger partial charge in [0.15, 0.2) is 0 Å². The van der Waals surface area contributed by atoms with Crippen LogP contribution in [0, 0.1) is 5.92 Å². The Labute approximate surface area is 144 Å². The van der Waals surface area contributed by atoms with Gasteiger partial charge in [0.05, 0.1) is 7.11 Å². The Morgan fingerprint density at radius 3 is 2.67 bits per heavy atom. The van der Waals surface area contributed by atoms with Crippen molar-refractivity contribution in [2.75, 3.05) is 33.3 Å². The van der Waals surface area contributed by atoms with Gasteiger partial charge in [-0.3, -0.25) is 9.69 Å². The van der Waals surface area contributed by atoms with Crippen LogP contribution < -0.4 is 10.5 Å². The van der Waals surface area contributed by atoms with Gasteiger partial charge in [0.1, 0.15) is 5.75 Å². The molecule has 0 spiro atoms. The third-order valence-electron chi connectivity index (χ3n) is 5.33. The van der Waals surface area contributed by atoms with Crippen molar-refractivity contribution in [3.8, 4) is 5.75 Å². The first kappa shape index (κ1) is 17.2. The summed E-state index contributed by atoms with van der Waals surface area (Å²) in [7, 11) is 1.71. The number of ether oxygens (including phenoxy) is 1. The van der Waals surface area contributed by atoms with E-state index < -0.39 is 0 Å². The third kappa shape index (κ3) is 4.08. The number of carbonyl (C=O) groups excluding carboxylic acids is 1. The lowest BCUT2D eigenvalue weighted by Gasteiger charge is -2.38. The van der Waals surface area contributed by atoms with Gasteiger partial charge in [-0.25, -0.2) is 0 Å². The number of hydrogen-bond acceptors (Lipinski definition) is 4. The Bertz CT molecular complexity index is 555.